The zero-order valence-electron chi connectivity index (χ0n) is 11.3. The third-order valence-corrected chi connectivity index (χ3v) is 3.80. The van der Waals surface area contributed by atoms with Gasteiger partial charge in [0.05, 0.1) is 11.5 Å². The summed E-state index contributed by atoms with van der Waals surface area (Å²) in [6, 6.07) is 5.84. The number of halogens is 1. The Morgan fingerprint density at radius 2 is 1.90 bits per heavy atom. The first kappa shape index (κ1) is 16.9. The molecule has 1 amide bonds. The Kier molecular flexibility index (Phi) is 6.98. The van der Waals surface area contributed by atoms with Crippen molar-refractivity contribution in [2.45, 2.75) is 11.3 Å². The minimum Gasteiger partial charge on any atom is -0.380 e. The molecule has 7 heteroatoms. The highest BCUT2D eigenvalue weighted by Crippen LogP contribution is 2.10. The average Bonchev–Trinajstić information content (AvgIpc) is 2.41. The van der Waals surface area contributed by atoms with E-state index in [1.807, 2.05) is 0 Å². The van der Waals surface area contributed by atoms with Crippen LogP contribution >= 0.6 is 11.6 Å². The number of nitrogens with one attached hydrogen (secondary N) is 1. The van der Waals surface area contributed by atoms with E-state index in [9.17, 15) is 13.2 Å². The third kappa shape index (κ3) is 5.90. The number of benzene rings is 1. The fraction of sp³-hybridized carbons (Fsp3) is 0.462. The molecule has 0 bridgehead atoms. The van der Waals surface area contributed by atoms with Gasteiger partial charge >= 0.3 is 0 Å². The second-order valence-corrected chi connectivity index (χ2v) is 6.60. The van der Waals surface area contributed by atoms with E-state index in [4.69, 9.17) is 16.3 Å². The van der Waals surface area contributed by atoms with Crippen molar-refractivity contribution in [3.8, 4) is 0 Å². The van der Waals surface area contributed by atoms with Gasteiger partial charge in [-0.25, -0.2) is 8.42 Å². The Morgan fingerprint density at radius 3 is 2.45 bits per heavy atom. The molecule has 1 N–H and O–H groups in total. The van der Waals surface area contributed by atoms with Gasteiger partial charge in [-0.15, -0.1) is 11.6 Å². The van der Waals surface area contributed by atoms with Gasteiger partial charge in [0.1, 0.15) is 0 Å². The minimum absolute atomic E-state index is 0.198. The van der Waals surface area contributed by atoms with Gasteiger partial charge < -0.3 is 10.1 Å². The lowest BCUT2D eigenvalue weighted by Crippen LogP contribution is -2.25. The summed E-state index contributed by atoms with van der Waals surface area (Å²) in [5.41, 5.74) is 0.430. The number of alkyl halides is 1. The van der Waals surface area contributed by atoms with Gasteiger partial charge in [-0.05, 0) is 30.7 Å². The van der Waals surface area contributed by atoms with Crippen molar-refractivity contribution >= 4 is 27.3 Å². The summed E-state index contributed by atoms with van der Waals surface area (Å²) in [6.45, 7) is 1.54. The number of amides is 1. The van der Waals surface area contributed by atoms with Crippen molar-refractivity contribution in [1.29, 1.82) is 0 Å². The van der Waals surface area contributed by atoms with Crippen LogP contribution < -0.4 is 5.32 Å². The zero-order chi connectivity index (χ0) is 15.0. The summed E-state index contributed by atoms with van der Waals surface area (Å²) in [4.78, 5) is 12.0. The summed E-state index contributed by atoms with van der Waals surface area (Å²) < 4.78 is 27.7. The second-order valence-electron chi connectivity index (χ2n) is 4.21. The number of rotatable bonds is 8. The SMILES string of the molecule is CS(=O)(=O)c1ccc(C(=O)NCCCOCCCl)cc1. The van der Waals surface area contributed by atoms with Crippen LogP contribution in [0, 0.1) is 0 Å². The molecule has 0 fully saturated rings. The van der Waals surface area contributed by atoms with Crippen LogP contribution in [0.25, 0.3) is 0 Å². The van der Waals surface area contributed by atoms with Crippen LogP contribution in [0.1, 0.15) is 16.8 Å². The molecular weight excluding hydrogens is 302 g/mol. The number of sulfone groups is 1. The Labute approximate surface area is 124 Å². The summed E-state index contributed by atoms with van der Waals surface area (Å²) in [7, 11) is -3.23. The lowest BCUT2D eigenvalue weighted by molar-refractivity contribution is 0.0944. The summed E-state index contributed by atoms with van der Waals surface area (Å²) in [5.74, 6) is 0.223. The minimum atomic E-state index is -3.23. The van der Waals surface area contributed by atoms with E-state index in [1.165, 1.54) is 24.3 Å². The van der Waals surface area contributed by atoms with E-state index < -0.39 is 9.84 Å². The van der Waals surface area contributed by atoms with Crippen molar-refractivity contribution in [2.75, 3.05) is 31.9 Å². The maximum absolute atomic E-state index is 11.8. The lowest BCUT2D eigenvalue weighted by atomic mass is 10.2. The molecule has 0 saturated carbocycles. The van der Waals surface area contributed by atoms with E-state index >= 15 is 0 Å². The van der Waals surface area contributed by atoms with Crippen molar-refractivity contribution in [3.05, 3.63) is 29.8 Å². The highest BCUT2D eigenvalue weighted by atomic mass is 35.5. The monoisotopic (exact) mass is 319 g/mol. The molecule has 0 aromatic heterocycles. The van der Waals surface area contributed by atoms with E-state index in [1.54, 1.807) is 0 Å². The number of carbonyl (C=O) groups is 1. The first-order valence-corrected chi connectivity index (χ1v) is 8.60. The highest BCUT2D eigenvalue weighted by molar-refractivity contribution is 7.90. The summed E-state index contributed by atoms with van der Waals surface area (Å²) in [5, 5.41) is 2.73. The van der Waals surface area contributed by atoms with Gasteiger partial charge in [0.25, 0.3) is 5.91 Å². The quantitative estimate of drug-likeness (QED) is 0.581. The predicted octanol–water partition coefficient (Wildman–Crippen LogP) is 1.47. The molecule has 0 atom stereocenters. The summed E-state index contributed by atoms with van der Waals surface area (Å²) >= 11 is 5.45. The Bertz CT molecular complexity index is 528. The molecule has 0 aliphatic rings. The average molecular weight is 320 g/mol. The maximum atomic E-state index is 11.8. The molecule has 0 radical (unpaired) electrons. The molecule has 0 spiro atoms. The van der Waals surface area contributed by atoms with Gasteiger partial charge in [-0.2, -0.15) is 0 Å². The number of ether oxygens (including phenoxy) is 1. The molecular formula is C13H18ClNO4S. The van der Waals surface area contributed by atoms with Gasteiger partial charge in [0, 0.05) is 30.9 Å². The smallest absolute Gasteiger partial charge is 0.251 e. The van der Waals surface area contributed by atoms with Crippen molar-refractivity contribution in [2.24, 2.45) is 0 Å². The predicted molar refractivity (Wildman–Crippen MR) is 78.0 cm³/mol. The molecule has 1 aromatic rings. The number of carbonyl (C=O) groups excluding carboxylic acids is 1. The highest BCUT2D eigenvalue weighted by Gasteiger charge is 2.09. The fourth-order valence-corrected chi connectivity index (χ4v) is 2.23. The molecule has 5 nitrogen and oxygen atoms in total. The maximum Gasteiger partial charge on any atom is 0.251 e. The van der Waals surface area contributed by atoms with Gasteiger partial charge in [0.15, 0.2) is 9.84 Å². The van der Waals surface area contributed by atoms with Crippen LogP contribution in [0.4, 0.5) is 0 Å². The normalized spacial score (nSPS) is 11.3. The standard InChI is InChI=1S/C13H18ClNO4S/c1-20(17,18)12-5-3-11(4-6-12)13(16)15-8-2-9-19-10-7-14/h3-6H,2,7-10H2,1H3,(H,15,16). The number of hydrogen-bond acceptors (Lipinski definition) is 4. The topological polar surface area (TPSA) is 72.5 Å². The fourth-order valence-electron chi connectivity index (χ4n) is 1.49. The van der Waals surface area contributed by atoms with Crippen LogP contribution in [0.2, 0.25) is 0 Å². The molecule has 20 heavy (non-hydrogen) atoms. The zero-order valence-corrected chi connectivity index (χ0v) is 12.8. The van der Waals surface area contributed by atoms with Crippen molar-refractivity contribution < 1.29 is 17.9 Å². The van der Waals surface area contributed by atoms with Gasteiger partial charge in [0.2, 0.25) is 0 Å². The molecule has 112 valence electrons. The van der Waals surface area contributed by atoms with E-state index in [0.717, 1.165) is 6.26 Å². The van der Waals surface area contributed by atoms with Crippen LogP contribution in [0.15, 0.2) is 29.2 Å². The Morgan fingerprint density at radius 1 is 1.25 bits per heavy atom. The van der Waals surface area contributed by atoms with Crippen molar-refractivity contribution in [1.82, 2.24) is 5.32 Å². The summed E-state index contributed by atoms with van der Waals surface area (Å²) in [6.07, 6.45) is 1.83. The molecule has 0 aliphatic heterocycles. The molecule has 0 unspecified atom stereocenters. The molecule has 0 heterocycles. The molecule has 0 saturated heterocycles. The lowest BCUT2D eigenvalue weighted by Gasteiger charge is -2.06. The first-order chi connectivity index (χ1) is 9.45. The van der Waals surface area contributed by atoms with Crippen LogP contribution in [-0.2, 0) is 14.6 Å². The van der Waals surface area contributed by atoms with Crippen LogP contribution in [0.5, 0.6) is 0 Å². The second kappa shape index (κ2) is 8.24. The first-order valence-electron chi connectivity index (χ1n) is 6.17. The third-order valence-electron chi connectivity index (χ3n) is 2.52. The Hall–Kier alpha value is -1.11. The van der Waals surface area contributed by atoms with Gasteiger partial charge in [-0.3, -0.25) is 4.79 Å². The molecule has 1 rings (SSSR count). The van der Waals surface area contributed by atoms with E-state index in [0.29, 0.717) is 37.6 Å². The van der Waals surface area contributed by atoms with Crippen LogP contribution in [-0.4, -0.2) is 46.2 Å². The van der Waals surface area contributed by atoms with Gasteiger partial charge in [-0.1, -0.05) is 0 Å². The van der Waals surface area contributed by atoms with Crippen LogP contribution in [0.3, 0.4) is 0 Å². The number of hydrogen-bond donors (Lipinski definition) is 1. The van der Waals surface area contributed by atoms with E-state index in [2.05, 4.69) is 5.32 Å². The van der Waals surface area contributed by atoms with Crippen molar-refractivity contribution in [3.63, 3.8) is 0 Å². The molecule has 1 aromatic carbocycles. The molecule has 0 aliphatic carbocycles. The largest absolute Gasteiger partial charge is 0.380 e. The Balaban J connectivity index is 2.40. The van der Waals surface area contributed by atoms with E-state index in [-0.39, 0.29) is 10.8 Å².